The molecule has 0 aromatic heterocycles. The highest BCUT2D eigenvalue weighted by Crippen LogP contribution is 2.65. The van der Waals surface area contributed by atoms with E-state index in [2.05, 4.69) is 74.1 Å². The van der Waals surface area contributed by atoms with Gasteiger partial charge in [0.1, 0.15) is 60.3 Å². The average Bonchev–Trinajstić information content (AvgIpc) is 1.66. The molecule has 18 unspecified atom stereocenters. The zero-order valence-electron chi connectivity index (χ0n) is 63.7. The van der Waals surface area contributed by atoms with Gasteiger partial charge < -0.3 is 54.4 Å². The van der Waals surface area contributed by atoms with E-state index in [4.69, 9.17) is 33.2 Å². The molecule has 18 heteroatoms. The predicted molar refractivity (Wildman–Crippen MR) is 399 cm³/mol. The van der Waals surface area contributed by atoms with Crippen molar-refractivity contribution in [1.82, 2.24) is 21.3 Å². The first-order valence-corrected chi connectivity index (χ1v) is 40.2. The van der Waals surface area contributed by atoms with Crippen LogP contribution in [-0.4, -0.2) is 98.6 Å². The lowest BCUT2D eigenvalue weighted by Crippen LogP contribution is -2.48. The molecule has 0 spiro atoms. The molecule has 0 aliphatic heterocycles. The van der Waals surface area contributed by atoms with Gasteiger partial charge in [0.15, 0.2) is 0 Å². The van der Waals surface area contributed by atoms with Crippen LogP contribution < -0.4 is 35.5 Å². The van der Waals surface area contributed by atoms with Crippen LogP contribution in [0.15, 0.2) is 84.9 Å². The number of benzene rings is 4. The van der Waals surface area contributed by atoms with E-state index in [0.29, 0.717) is 115 Å². The number of carbonyl (C=O) groups excluding carboxylic acids is 7. The van der Waals surface area contributed by atoms with Gasteiger partial charge in [-0.25, -0.2) is 19.2 Å². The van der Waals surface area contributed by atoms with Gasteiger partial charge in [-0.15, -0.1) is 0 Å². The molecule has 6 fully saturated rings. The number of likely N-dealkylation sites (N-methyl/N-ethyl adjacent to an activating group) is 1. The van der Waals surface area contributed by atoms with Crippen LogP contribution in [0, 0.1) is 63.6 Å². The Balaban J connectivity index is 0.540. The fraction of sp³-hybridized carbons (Fsp3) is 0.644. The Labute approximate surface area is 622 Å². The van der Waals surface area contributed by atoms with E-state index in [9.17, 15) is 33.6 Å². The summed E-state index contributed by atoms with van der Waals surface area (Å²) in [6.07, 6.45) is 18.2. The van der Waals surface area contributed by atoms with Gasteiger partial charge in [-0.2, -0.15) is 0 Å². The lowest BCUT2D eigenvalue weighted by atomic mass is 9.55. The highest BCUT2D eigenvalue weighted by molar-refractivity contribution is 5.83. The molecule has 9 aliphatic rings. The van der Waals surface area contributed by atoms with E-state index in [1.807, 2.05) is 87.6 Å². The van der Waals surface area contributed by atoms with Crippen molar-refractivity contribution in [3.8, 4) is 17.2 Å². The highest BCUT2D eigenvalue weighted by atomic mass is 16.6. The molecule has 9 aliphatic carbocycles. The number of rotatable bonds is 26. The number of carbonyl (C=O) groups is 7. The van der Waals surface area contributed by atoms with Gasteiger partial charge in [0, 0.05) is 29.7 Å². The second-order valence-corrected chi connectivity index (χ2v) is 34.5. The Bertz CT molecular complexity index is 3800. The van der Waals surface area contributed by atoms with Crippen LogP contribution in [0.5, 0.6) is 17.2 Å². The number of fused-ring (bicyclic) bond motifs is 15. The van der Waals surface area contributed by atoms with Crippen LogP contribution in [-0.2, 0) is 68.8 Å². The van der Waals surface area contributed by atoms with E-state index >= 15 is 0 Å². The third kappa shape index (κ3) is 16.6. The molecule has 0 heterocycles. The Hall–Kier alpha value is -7.31. The lowest BCUT2D eigenvalue weighted by Gasteiger charge is -2.50. The molecule has 0 saturated heterocycles. The maximum absolute atomic E-state index is 14.1. The Kier molecular flexibility index (Phi) is 23.6. The molecule has 4 aromatic rings. The summed E-state index contributed by atoms with van der Waals surface area (Å²) in [6, 6.07) is 25.8. The second kappa shape index (κ2) is 32.6. The number of amides is 2. The maximum Gasteiger partial charge on any atom is 0.408 e. The largest absolute Gasteiger partial charge is 0.461 e. The average molecular weight is 1440 g/mol. The Morgan fingerprint density at radius 2 is 0.933 bits per heavy atom. The molecule has 0 bridgehead atoms. The van der Waals surface area contributed by atoms with Gasteiger partial charge in [0.25, 0.3) is 0 Å². The van der Waals surface area contributed by atoms with E-state index < -0.39 is 36.2 Å². The Morgan fingerprint density at radius 1 is 0.476 bits per heavy atom. The normalized spacial score (nSPS) is 30.3. The lowest BCUT2D eigenvalue weighted by molar-refractivity contribution is -0.160. The predicted octanol–water partition coefficient (Wildman–Crippen LogP) is 15.8. The molecule has 4 aromatic carbocycles. The maximum atomic E-state index is 14.1. The molecule has 2 amide bonds. The molecule has 105 heavy (non-hydrogen) atoms. The third-order valence-electron chi connectivity index (χ3n) is 27.3. The summed E-state index contributed by atoms with van der Waals surface area (Å²) in [6.45, 7) is 17.8. The zero-order valence-corrected chi connectivity index (χ0v) is 63.7. The molecule has 0 radical (unpaired) electrons. The first kappa shape index (κ1) is 75.9. The Morgan fingerprint density at radius 3 is 1.41 bits per heavy atom. The third-order valence-corrected chi connectivity index (χ3v) is 27.3. The SMILES string of the molecule is CNC(CC(C)C)C(=O)OC1CCC2C3CCc4cc(OC(=O)C(CC(C)C)NC(=O)OC5CCC6C7CCc8cc(OC(=O)CCNCCCCC(NC(=O)OC9CCC%10C%11CCc%12cc(OC(C)=O)ccc%12C%11CCC9%10C)C(=O)OCc9ccccc9)ccc8C7CCC56C)ccc4C3CCC12C. The van der Waals surface area contributed by atoms with Crippen molar-refractivity contribution in [2.24, 2.45) is 63.6 Å². The summed E-state index contributed by atoms with van der Waals surface area (Å²) in [5.41, 5.74) is 8.12. The quantitative estimate of drug-likeness (QED) is 0.0198. The topological polar surface area (TPSA) is 232 Å². The number of nitrogens with one attached hydrogen (secondary N) is 4. The van der Waals surface area contributed by atoms with Gasteiger partial charge in [0.05, 0.1) is 6.42 Å². The molecule has 18 nitrogen and oxygen atoms in total. The summed E-state index contributed by atoms with van der Waals surface area (Å²) in [5.74, 6) is 4.20. The number of hydrogen-bond donors (Lipinski definition) is 4. The van der Waals surface area contributed by atoms with Gasteiger partial charge >= 0.3 is 42.0 Å². The van der Waals surface area contributed by atoms with E-state index in [0.717, 1.165) is 128 Å². The molecule has 18 atom stereocenters. The van der Waals surface area contributed by atoms with Crippen molar-refractivity contribution >= 4 is 42.0 Å². The monoisotopic (exact) mass is 1440 g/mol. The van der Waals surface area contributed by atoms with Crippen LogP contribution in [0.1, 0.15) is 247 Å². The number of alkyl carbamates (subject to hydrolysis) is 2. The molecular weight excluding hydrogens is 1320 g/mol. The van der Waals surface area contributed by atoms with Crippen molar-refractivity contribution in [3.63, 3.8) is 0 Å². The minimum atomic E-state index is -0.899. The van der Waals surface area contributed by atoms with Gasteiger partial charge in [-0.1, -0.05) is 97.0 Å². The van der Waals surface area contributed by atoms with E-state index in [1.165, 1.54) is 40.3 Å². The smallest absolute Gasteiger partial charge is 0.408 e. The first-order valence-electron chi connectivity index (χ1n) is 40.2. The molecule has 4 N–H and O–H groups in total. The van der Waals surface area contributed by atoms with Crippen molar-refractivity contribution < 1.29 is 66.7 Å². The van der Waals surface area contributed by atoms with Crippen LogP contribution in [0.4, 0.5) is 9.59 Å². The number of aryl methyl sites for hydroxylation is 3. The standard InChI is InChI=1S/C87H116N4O14/c1-51(2)45-74(88-9)81(95)103-76-33-30-70-67-26-20-57-49-60(23-29-63(57)64(67)36-40-85(70,76)6)102-82(96)75(46-52(3)4)91-84(98)105-78-35-32-72-69-25-19-56-48-59(22-28-62(56)66(69)38-42-87(72,78)8)101-79(93)39-44-89-43-14-13-17-73(80(94)99-50-54-15-11-10-12-16-54)90-83(97)104-77-34-31-71-68-24-18-55-47-58(100-53(5)92)21-27-61(55)65(68)37-41-86(71,77)7/h10-12,15-16,21-23,27-29,47-49,51-52,64-78,88-89H,13-14,17-20,24-26,30-46,50H2,1-9H3,(H,90,97)(H,91,98). The molecular formula is C87H116N4O14. The van der Waals surface area contributed by atoms with Crippen molar-refractivity contribution in [2.75, 3.05) is 20.1 Å². The van der Waals surface area contributed by atoms with E-state index in [-0.39, 0.29) is 77.5 Å². The summed E-state index contributed by atoms with van der Waals surface area (Å²) < 4.78 is 42.3. The fourth-order valence-electron chi connectivity index (χ4n) is 22.2. The minimum absolute atomic E-state index is 0.0425. The van der Waals surface area contributed by atoms with Crippen LogP contribution in [0.2, 0.25) is 0 Å². The van der Waals surface area contributed by atoms with E-state index in [1.54, 1.807) is 0 Å². The van der Waals surface area contributed by atoms with Crippen LogP contribution >= 0.6 is 0 Å². The van der Waals surface area contributed by atoms with Gasteiger partial charge in [-0.3, -0.25) is 14.4 Å². The van der Waals surface area contributed by atoms with Crippen molar-refractivity contribution in [1.29, 1.82) is 0 Å². The number of ether oxygens (including phenoxy) is 7. The molecule has 6 saturated carbocycles. The first-order chi connectivity index (χ1) is 50.5. The summed E-state index contributed by atoms with van der Waals surface area (Å²) in [7, 11) is 1.84. The summed E-state index contributed by atoms with van der Waals surface area (Å²) >= 11 is 0. The molecule has 13 rings (SSSR count). The second-order valence-electron chi connectivity index (χ2n) is 34.5. The molecule has 568 valence electrons. The van der Waals surface area contributed by atoms with Crippen molar-refractivity contribution in [3.05, 3.63) is 124 Å². The highest BCUT2D eigenvalue weighted by Gasteiger charge is 2.60. The summed E-state index contributed by atoms with van der Waals surface area (Å²) in [5, 5.41) is 12.5. The fourth-order valence-corrected chi connectivity index (χ4v) is 22.2. The number of hydrogen-bond acceptors (Lipinski definition) is 16. The number of esters is 5. The van der Waals surface area contributed by atoms with Gasteiger partial charge in [0.2, 0.25) is 0 Å². The summed E-state index contributed by atoms with van der Waals surface area (Å²) in [4.78, 5) is 94.0. The van der Waals surface area contributed by atoms with Crippen LogP contribution in [0.3, 0.4) is 0 Å². The number of unbranched alkanes of at least 4 members (excludes halogenated alkanes) is 1. The van der Waals surface area contributed by atoms with Crippen LogP contribution in [0.25, 0.3) is 0 Å². The van der Waals surface area contributed by atoms with Crippen molar-refractivity contribution in [2.45, 2.75) is 270 Å². The van der Waals surface area contributed by atoms with Gasteiger partial charge in [-0.05, 0) is 302 Å². The minimum Gasteiger partial charge on any atom is -0.461 e. The zero-order chi connectivity index (χ0) is 73.9.